The molecule has 5 N–H and O–H groups in total. The molecule has 0 rings (SSSR count). The number of nitrogens with two attached hydrogens (primary N) is 1. The minimum absolute atomic E-state index is 0.226. The standard InChI is InChI=1S/C7H14N2O5/c8-1-2-14-4-6(11)9-5(3-10)7(12)13/h5,10H,1-4,8H2,(H,9,11)(H,12,13)/t5-/m1/s1. The van der Waals surface area contributed by atoms with Crippen LogP contribution >= 0.6 is 0 Å². The molecule has 0 aliphatic carbocycles. The molecule has 0 aromatic carbocycles. The van der Waals surface area contributed by atoms with Crippen LogP contribution in [0.2, 0.25) is 0 Å². The van der Waals surface area contributed by atoms with Crippen LogP contribution in [0.25, 0.3) is 0 Å². The summed E-state index contributed by atoms with van der Waals surface area (Å²) in [7, 11) is 0. The molecular weight excluding hydrogens is 192 g/mol. The Balaban J connectivity index is 3.74. The lowest BCUT2D eigenvalue weighted by Crippen LogP contribution is -2.44. The van der Waals surface area contributed by atoms with Crippen LogP contribution in [0.4, 0.5) is 0 Å². The van der Waals surface area contributed by atoms with Crippen LogP contribution in [0, 0.1) is 0 Å². The third-order valence-electron chi connectivity index (χ3n) is 1.31. The Hall–Kier alpha value is -1.18. The van der Waals surface area contributed by atoms with Crippen molar-refractivity contribution in [3.8, 4) is 0 Å². The fourth-order valence-corrected chi connectivity index (χ4v) is 0.670. The smallest absolute Gasteiger partial charge is 0.328 e. The van der Waals surface area contributed by atoms with Crippen molar-refractivity contribution < 1.29 is 24.5 Å². The molecule has 0 saturated carbocycles. The lowest BCUT2D eigenvalue weighted by molar-refractivity contribution is -0.143. The monoisotopic (exact) mass is 206 g/mol. The summed E-state index contributed by atoms with van der Waals surface area (Å²) in [6.45, 7) is -0.404. The fraction of sp³-hybridized carbons (Fsp3) is 0.714. The third kappa shape index (κ3) is 5.46. The van der Waals surface area contributed by atoms with E-state index >= 15 is 0 Å². The van der Waals surface area contributed by atoms with Gasteiger partial charge in [-0.25, -0.2) is 4.79 Å². The van der Waals surface area contributed by atoms with Crippen LogP contribution in [0.1, 0.15) is 0 Å². The number of carbonyl (C=O) groups is 2. The number of hydrogen-bond donors (Lipinski definition) is 4. The van der Waals surface area contributed by atoms with E-state index in [0.717, 1.165) is 0 Å². The number of aliphatic hydroxyl groups excluding tert-OH is 1. The second kappa shape index (κ2) is 7.25. The van der Waals surface area contributed by atoms with E-state index in [1.165, 1.54) is 0 Å². The molecule has 0 bridgehead atoms. The minimum Gasteiger partial charge on any atom is -0.480 e. The summed E-state index contributed by atoms with van der Waals surface area (Å²) in [6.07, 6.45) is 0. The predicted molar refractivity (Wildman–Crippen MR) is 46.5 cm³/mol. The first kappa shape index (κ1) is 12.8. The van der Waals surface area contributed by atoms with E-state index in [0.29, 0.717) is 0 Å². The highest BCUT2D eigenvalue weighted by Gasteiger charge is 2.18. The highest BCUT2D eigenvalue weighted by Crippen LogP contribution is 1.83. The maximum Gasteiger partial charge on any atom is 0.328 e. The molecule has 0 aromatic heterocycles. The van der Waals surface area contributed by atoms with Crippen molar-refractivity contribution in [2.24, 2.45) is 5.73 Å². The molecule has 0 aliphatic heterocycles. The number of nitrogens with one attached hydrogen (secondary N) is 1. The summed E-state index contributed by atoms with van der Waals surface area (Å²) >= 11 is 0. The fourth-order valence-electron chi connectivity index (χ4n) is 0.670. The van der Waals surface area contributed by atoms with Crippen LogP contribution in [0.15, 0.2) is 0 Å². The number of aliphatic hydroxyl groups is 1. The molecule has 0 unspecified atom stereocenters. The van der Waals surface area contributed by atoms with Crippen molar-refractivity contribution in [2.75, 3.05) is 26.4 Å². The van der Waals surface area contributed by atoms with Gasteiger partial charge >= 0.3 is 5.97 Å². The molecule has 0 aromatic rings. The van der Waals surface area contributed by atoms with Crippen LogP contribution in [0.5, 0.6) is 0 Å². The lowest BCUT2D eigenvalue weighted by Gasteiger charge is -2.11. The Morgan fingerprint density at radius 1 is 1.50 bits per heavy atom. The van der Waals surface area contributed by atoms with Gasteiger partial charge in [0.15, 0.2) is 0 Å². The molecule has 14 heavy (non-hydrogen) atoms. The van der Waals surface area contributed by atoms with Crippen molar-refractivity contribution in [3.63, 3.8) is 0 Å². The Morgan fingerprint density at radius 2 is 2.14 bits per heavy atom. The van der Waals surface area contributed by atoms with Gasteiger partial charge in [0.2, 0.25) is 5.91 Å². The number of ether oxygens (including phenoxy) is 1. The molecule has 0 saturated heterocycles. The van der Waals surface area contributed by atoms with E-state index in [1.54, 1.807) is 0 Å². The topological polar surface area (TPSA) is 122 Å². The SMILES string of the molecule is NCCOCC(=O)N[C@H](CO)C(=O)O. The highest BCUT2D eigenvalue weighted by molar-refractivity contribution is 5.84. The molecule has 7 nitrogen and oxygen atoms in total. The minimum atomic E-state index is -1.29. The first-order valence-corrected chi connectivity index (χ1v) is 4.02. The van der Waals surface area contributed by atoms with Crippen molar-refractivity contribution >= 4 is 11.9 Å². The van der Waals surface area contributed by atoms with Crippen molar-refractivity contribution in [2.45, 2.75) is 6.04 Å². The zero-order valence-electron chi connectivity index (χ0n) is 7.60. The summed E-state index contributed by atoms with van der Waals surface area (Å²) in [5, 5.41) is 19.1. The van der Waals surface area contributed by atoms with Gasteiger partial charge in [-0.15, -0.1) is 0 Å². The molecule has 82 valence electrons. The molecule has 0 aliphatic rings. The summed E-state index contributed by atoms with van der Waals surface area (Å²) < 4.78 is 4.76. The number of carbonyl (C=O) groups excluding carboxylic acids is 1. The molecular formula is C7H14N2O5. The summed E-state index contributed by atoms with van der Waals surface area (Å²) in [4.78, 5) is 21.3. The van der Waals surface area contributed by atoms with Gasteiger partial charge < -0.3 is 26.0 Å². The molecule has 0 fully saturated rings. The average molecular weight is 206 g/mol. The van der Waals surface area contributed by atoms with Crippen LogP contribution < -0.4 is 11.1 Å². The maximum absolute atomic E-state index is 10.9. The Kier molecular flexibility index (Phi) is 6.63. The maximum atomic E-state index is 10.9. The summed E-state index contributed by atoms with van der Waals surface area (Å²) in [5.41, 5.74) is 5.10. The Bertz CT molecular complexity index is 197. The van der Waals surface area contributed by atoms with Crippen LogP contribution in [-0.4, -0.2) is 54.5 Å². The van der Waals surface area contributed by atoms with Crippen LogP contribution in [0.3, 0.4) is 0 Å². The number of aliphatic carboxylic acids is 1. The second-order valence-corrected chi connectivity index (χ2v) is 2.48. The van der Waals surface area contributed by atoms with Gasteiger partial charge in [0.05, 0.1) is 13.2 Å². The number of amides is 1. The van der Waals surface area contributed by atoms with E-state index in [2.05, 4.69) is 5.32 Å². The largest absolute Gasteiger partial charge is 0.480 e. The van der Waals surface area contributed by atoms with E-state index in [1.807, 2.05) is 0 Å². The number of rotatable bonds is 7. The van der Waals surface area contributed by atoms with Gasteiger partial charge in [-0.3, -0.25) is 4.79 Å². The van der Waals surface area contributed by atoms with Gasteiger partial charge in [-0.1, -0.05) is 0 Å². The Morgan fingerprint density at radius 3 is 2.57 bits per heavy atom. The zero-order valence-corrected chi connectivity index (χ0v) is 7.60. The van der Waals surface area contributed by atoms with E-state index in [4.69, 9.17) is 20.7 Å². The third-order valence-corrected chi connectivity index (χ3v) is 1.31. The summed E-state index contributed by atoms with van der Waals surface area (Å²) in [5.74, 6) is -1.89. The molecule has 7 heteroatoms. The van der Waals surface area contributed by atoms with Gasteiger partial charge in [-0.2, -0.15) is 0 Å². The predicted octanol–water partition coefficient (Wildman–Crippen LogP) is -2.48. The second-order valence-electron chi connectivity index (χ2n) is 2.48. The van der Waals surface area contributed by atoms with Crippen molar-refractivity contribution in [1.29, 1.82) is 0 Å². The number of carboxylic acids is 1. The number of hydrogen-bond acceptors (Lipinski definition) is 5. The van der Waals surface area contributed by atoms with E-state index in [9.17, 15) is 9.59 Å². The molecule has 0 heterocycles. The van der Waals surface area contributed by atoms with Gasteiger partial charge in [0, 0.05) is 6.54 Å². The summed E-state index contributed by atoms with van der Waals surface area (Å²) in [6, 6.07) is -1.29. The van der Waals surface area contributed by atoms with E-state index < -0.39 is 24.5 Å². The number of carboxylic acid groups (broad SMARTS) is 1. The van der Waals surface area contributed by atoms with Gasteiger partial charge in [0.25, 0.3) is 0 Å². The average Bonchev–Trinajstić information content (AvgIpc) is 2.14. The lowest BCUT2D eigenvalue weighted by atomic mass is 10.3. The normalized spacial score (nSPS) is 12.1. The van der Waals surface area contributed by atoms with E-state index in [-0.39, 0.29) is 19.8 Å². The van der Waals surface area contributed by atoms with Crippen molar-refractivity contribution in [3.05, 3.63) is 0 Å². The van der Waals surface area contributed by atoms with Crippen molar-refractivity contribution in [1.82, 2.24) is 5.32 Å². The van der Waals surface area contributed by atoms with Gasteiger partial charge in [0.1, 0.15) is 12.6 Å². The first-order chi connectivity index (χ1) is 6.61. The highest BCUT2D eigenvalue weighted by atomic mass is 16.5. The molecule has 1 amide bonds. The zero-order chi connectivity index (χ0) is 11.0. The Labute approximate surface area is 80.8 Å². The quantitative estimate of drug-likeness (QED) is 0.342. The molecule has 0 radical (unpaired) electrons. The first-order valence-electron chi connectivity index (χ1n) is 4.02. The van der Waals surface area contributed by atoms with Crippen LogP contribution in [-0.2, 0) is 14.3 Å². The molecule has 0 spiro atoms. The molecule has 1 atom stereocenters. The van der Waals surface area contributed by atoms with Gasteiger partial charge in [-0.05, 0) is 0 Å².